The van der Waals surface area contributed by atoms with Gasteiger partial charge >= 0.3 is 0 Å². The summed E-state index contributed by atoms with van der Waals surface area (Å²) < 4.78 is 2.21. The predicted molar refractivity (Wildman–Crippen MR) is 120 cm³/mol. The molecule has 3 nitrogen and oxygen atoms in total. The molecular weight excluding hydrogens is 366 g/mol. The van der Waals surface area contributed by atoms with Gasteiger partial charge in [0.2, 0.25) is 0 Å². The van der Waals surface area contributed by atoms with Gasteiger partial charge in [0.1, 0.15) is 5.82 Å². The molecule has 0 radical (unpaired) electrons. The zero-order valence-corrected chi connectivity index (χ0v) is 16.8. The summed E-state index contributed by atoms with van der Waals surface area (Å²) in [4.78, 5) is 6.92. The summed E-state index contributed by atoms with van der Waals surface area (Å²) in [6.45, 7) is 0.680. The highest BCUT2D eigenvalue weighted by atomic mass is 35.5. The van der Waals surface area contributed by atoms with Crippen molar-refractivity contribution in [3.8, 4) is 0 Å². The van der Waals surface area contributed by atoms with Crippen LogP contribution in [0.4, 0.5) is 5.69 Å². The third kappa shape index (κ3) is 3.80. The fraction of sp³-hybridized carbons (Fsp3) is 0.125. The lowest BCUT2D eigenvalue weighted by Crippen LogP contribution is -2.07. The number of hydrogen-bond acceptors (Lipinski definition) is 2. The van der Waals surface area contributed by atoms with E-state index in [0.717, 1.165) is 33.0 Å². The molecule has 0 spiro atoms. The topological polar surface area (TPSA) is 21.1 Å². The molecule has 1 heterocycles. The number of benzene rings is 3. The van der Waals surface area contributed by atoms with E-state index in [2.05, 4.69) is 58.0 Å². The van der Waals surface area contributed by atoms with Gasteiger partial charge in [0.15, 0.2) is 0 Å². The van der Waals surface area contributed by atoms with Gasteiger partial charge in [-0.15, -0.1) is 0 Å². The Hall–Kier alpha value is -3.04. The average molecular weight is 388 g/mol. The standard InChI is InChI=1S/C24H22ClN3/c1-27(2)20-14-11-18(12-15-20)13-16-24-26-22-9-5-6-10-23(22)28(24)17-19-7-3-4-8-21(19)25/h3-16H,17H2,1-2H3. The smallest absolute Gasteiger partial charge is 0.134 e. The van der Waals surface area contributed by atoms with E-state index in [4.69, 9.17) is 16.6 Å². The fourth-order valence-electron chi connectivity index (χ4n) is 3.24. The molecule has 3 aromatic carbocycles. The molecule has 0 saturated carbocycles. The minimum absolute atomic E-state index is 0.680. The molecule has 1 aromatic heterocycles. The van der Waals surface area contributed by atoms with Crippen molar-refractivity contribution in [2.75, 3.05) is 19.0 Å². The van der Waals surface area contributed by atoms with E-state index in [1.807, 2.05) is 50.5 Å². The molecule has 0 aliphatic carbocycles. The third-order valence-electron chi connectivity index (χ3n) is 4.80. The Kier molecular flexibility index (Phi) is 5.18. The maximum Gasteiger partial charge on any atom is 0.134 e. The molecule has 0 unspecified atom stereocenters. The highest BCUT2D eigenvalue weighted by Gasteiger charge is 2.10. The van der Waals surface area contributed by atoms with Crippen molar-refractivity contribution in [3.63, 3.8) is 0 Å². The van der Waals surface area contributed by atoms with Gasteiger partial charge in [0, 0.05) is 24.8 Å². The molecule has 0 fully saturated rings. The Morgan fingerprint density at radius 1 is 0.893 bits per heavy atom. The second kappa shape index (κ2) is 7.91. The SMILES string of the molecule is CN(C)c1ccc(C=Cc2nc3ccccc3n2Cc2ccccc2Cl)cc1. The Morgan fingerprint density at radius 3 is 2.36 bits per heavy atom. The van der Waals surface area contributed by atoms with Crippen molar-refractivity contribution < 1.29 is 0 Å². The van der Waals surface area contributed by atoms with Crippen molar-refractivity contribution >= 4 is 40.5 Å². The summed E-state index contributed by atoms with van der Waals surface area (Å²) in [5, 5.41) is 0.773. The van der Waals surface area contributed by atoms with Crippen LogP contribution < -0.4 is 4.90 Å². The van der Waals surface area contributed by atoms with Crippen molar-refractivity contribution in [3.05, 3.63) is 94.8 Å². The van der Waals surface area contributed by atoms with Crippen LogP contribution in [0.25, 0.3) is 23.2 Å². The van der Waals surface area contributed by atoms with Gasteiger partial charge in [-0.25, -0.2) is 4.98 Å². The number of nitrogens with zero attached hydrogens (tertiary/aromatic N) is 3. The first-order chi connectivity index (χ1) is 13.6. The summed E-state index contributed by atoms with van der Waals surface area (Å²) >= 11 is 6.40. The molecule has 140 valence electrons. The van der Waals surface area contributed by atoms with Gasteiger partial charge in [-0.05, 0) is 47.5 Å². The normalized spacial score (nSPS) is 11.4. The van der Waals surface area contributed by atoms with E-state index < -0.39 is 0 Å². The molecule has 4 rings (SSSR count). The van der Waals surface area contributed by atoms with Crippen molar-refractivity contribution in [1.29, 1.82) is 0 Å². The number of fused-ring (bicyclic) bond motifs is 1. The molecular formula is C24H22ClN3. The molecule has 0 aliphatic heterocycles. The van der Waals surface area contributed by atoms with Crippen molar-refractivity contribution in [2.24, 2.45) is 0 Å². The van der Waals surface area contributed by atoms with Crippen LogP contribution in [0.5, 0.6) is 0 Å². The second-order valence-corrected chi connectivity index (χ2v) is 7.36. The minimum Gasteiger partial charge on any atom is -0.378 e. The van der Waals surface area contributed by atoms with Crippen LogP contribution >= 0.6 is 11.6 Å². The molecule has 4 aromatic rings. The molecule has 0 N–H and O–H groups in total. The molecule has 0 bridgehead atoms. The number of aromatic nitrogens is 2. The van der Waals surface area contributed by atoms with E-state index in [1.165, 1.54) is 5.69 Å². The lowest BCUT2D eigenvalue weighted by Gasteiger charge is -2.11. The lowest BCUT2D eigenvalue weighted by atomic mass is 10.2. The Bertz CT molecular complexity index is 1120. The fourth-order valence-corrected chi connectivity index (χ4v) is 3.43. The lowest BCUT2D eigenvalue weighted by molar-refractivity contribution is 0.814. The predicted octanol–water partition coefficient (Wildman–Crippen LogP) is 5.97. The Morgan fingerprint density at radius 2 is 1.61 bits per heavy atom. The van der Waals surface area contributed by atoms with Crippen molar-refractivity contribution in [1.82, 2.24) is 9.55 Å². The number of anilines is 1. The van der Waals surface area contributed by atoms with Crippen LogP contribution in [-0.2, 0) is 6.54 Å². The van der Waals surface area contributed by atoms with Gasteiger partial charge in [-0.2, -0.15) is 0 Å². The van der Waals surface area contributed by atoms with Gasteiger partial charge in [-0.3, -0.25) is 0 Å². The van der Waals surface area contributed by atoms with E-state index in [1.54, 1.807) is 0 Å². The maximum absolute atomic E-state index is 6.40. The number of halogens is 1. The largest absolute Gasteiger partial charge is 0.378 e. The number of para-hydroxylation sites is 2. The Balaban J connectivity index is 1.71. The molecule has 0 aliphatic rings. The van der Waals surface area contributed by atoms with Gasteiger partial charge in [-0.1, -0.05) is 60.1 Å². The van der Waals surface area contributed by atoms with E-state index in [-0.39, 0.29) is 0 Å². The molecule has 4 heteroatoms. The van der Waals surface area contributed by atoms with E-state index in [9.17, 15) is 0 Å². The third-order valence-corrected chi connectivity index (χ3v) is 5.17. The first kappa shape index (κ1) is 18.3. The number of hydrogen-bond donors (Lipinski definition) is 0. The average Bonchev–Trinajstić information content (AvgIpc) is 3.06. The number of imidazole rings is 1. The Labute approximate surface area is 170 Å². The zero-order valence-electron chi connectivity index (χ0n) is 16.0. The summed E-state index contributed by atoms with van der Waals surface area (Å²) in [6, 6.07) is 24.6. The van der Waals surface area contributed by atoms with E-state index >= 15 is 0 Å². The van der Waals surface area contributed by atoms with Crippen molar-refractivity contribution in [2.45, 2.75) is 6.54 Å². The highest BCUT2D eigenvalue weighted by molar-refractivity contribution is 6.31. The van der Waals surface area contributed by atoms with Crippen LogP contribution in [0, 0.1) is 0 Å². The summed E-state index contributed by atoms with van der Waals surface area (Å²) in [7, 11) is 4.09. The van der Waals surface area contributed by atoms with Gasteiger partial charge in [0.05, 0.1) is 17.6 Å². The van der Waals surface area contributed by atoms with E-state index in [0.29, 0.717) is 6.54 Å². The van der Waals surface area contributed by atoms with Crippen LogP contribution in [0.15, 0.2) is 72.8 Å². The molecule has 0 atom stereocenters. The molecule has 28 heavy (non-hydrogen) atoms. The summed E-state index contributed by atoms with van der Waals surface area (Å²) in [5.41, 5.74) is 5.49. The highest BCUT2D eigenvalue weighted by Crippen LogP contribution is 2.23. The molecule has 0 saturated heterocycles. The minimum atomic E-state index is 0.680. The van der Waals surface area contributed by atoms with Crippen LogP contribution in [-0.4, -0.2) is 23.6 Å². The zero-order chi connectivity index (χ0) is 19.5. The van der Waals surface area contributed by atoms with Gasteiger partial charge in [0.25, 0.3) is 0 Å². The van der Waals surface area contributed by atoms with Gasteiger partial charge < -0.3 is 9.47 Å². The first-order valence-electron chi connectivity index (χ1n) is 9.26. The maximum atomic E-state index is 6.40. The summed E-state index contributed by atoms with van der Waals surface area (Å²) in [6.07, 6.45) is 4.17. The van der Waals surface area contributed by atoms with Crippen LogP contribution in [0.2, 0.25) is 5.02 Å². The van der Waals surface area contributed by atoms with Crippen LogP contribution in [0.3, 0.4) is 0 Å². The molecule has 0 amide bonds. The quantitative estimate of drug-likeness (QED) is 0.420. The first-order valence-corrected chi connectivity index (χ1v) is 9.64. The second-order valence-electron chi connectivity index (χ2n) is 6.96. The number of rotatable bonds is 5. The van der Waals surface area contributed by atoms with Crippen LogP contribution in [0.1, 0.15) is 17.0 Å². The monoisotopic (exact) mass is 387 g/mol. The summed E-state index contributed by atoms with van der Waals surface area (Å²) in [5.74, 6) is 0.915.